The van der Waals surface area contributed by atoms with E-state index < -0.39 is 0 Å². The molecular formula is C8H8NS. The standard InChI is InChI=1S/C8H8NS/c1-7-4-2-3-5-8(7)9-6-10/h2-5H,1H3,(H,9,10). The summed E-state index contributed by atoms with van der Waals surface area (Å²) in [5.74, 6) is 0. The van der Waals surface area contributed by atoms with Crippen LogP contribution in [0.3, 0.4) is 0 Å². The highest BCUT2D eigenvalue weighted by molar-refractivity contribution is 7.79. The van der Waals surface area contributed by atoms with Crippen LogP contribution in [0.2, 0.25) is 0 Å². The Kier molecular flexibility index (Phi) is 2.40. The molecule has 0 heterocycles. The predicted octanol–water partition coefficient (Wildman–Crippen LogP) is 2.24. The van der Waals surface area contributed by atoms with Gasteiger partial charge in [0.1, 0.15) is 5.49 Å². The third-order valence-corrected chi connectivity index (χ3v) is 1.43. The average Bonchev–Trinajstić information content (AvgIpc) is 1.94. The molecule has 0 aliphatic carbocycles. The second-order valence-electron chi connectivity index (χ2n) is 2.04. The Balaban J connectivity index is 2.91. The first kappa shape index (κ1) is 7.22. The summed E-state index contributed by atoms with van der Waals surface area (Å²) < 4.78 is 0. The van der Waals surface area contributed by atoms with Crippen LogP contribution < -0.4 is 5.32 Å². The molecule has 0 aromatic heterocycles. The number of hydrogen-bond donors (Lipinski definition) is 1. The molecule has 0 saturated carbocycles. The highest BCUT2D eigenvalue weighted by Crippen LogP contribution is 2.11. The summed E-state index contributed by atoms with van der Waals surface area (Å²) in [7, 11) is 0. The van der Waals surface area contributed by atoms with Gasteiger partial charge in [-0.2, -0.15) is 0 Å². The Morgan fingerprint density at radius 3 is 2.70 bits per heavy atom. The van der Waals surface area contributed by atoms with Crippen molar-refractivity contribution in [1.82, 2.24) is 0 Å². The highest BCUT2D eigenvalue weighted by atomic mass is 32.1. The molecule has 0 unspecified atom stereocenters. The Morgan fingerprint density at radius 1 is 1.40 bits per heavy atom. The lowest BCUT2D eigenvalue weighted by atomic mass is 10.2. The fourth-order valence-corrected chi connectivity index (χ4v) is 0.878. The molecule has 51 valence electrons. The second kappa shape index (κ2) is 3.32. The molecule has 0 atom stereocenters. The third kappa shape index (κ3) is 1.54. The quantitative estimate of drug-likeness (QED) is 0.512. The predicted molar refractivity (Wildman–Crippen MR) is 47.4 cm³/mol. The molecule has 0 bridgehead atoms. The number of rotatable bonds is 2. The molecule has 10 heavy (non-hydrogen) atoms. The van der Waals surface area contributed by atoms with Gasteiger partial charge in [-0.25, -0.2) is 0 Å². The molecule has 1 N–H and O–H groups in total. The van der Waals surface area contributed by atoms with Crippen LogP contribution in [0.4, 0.5) is 5.69 Å². The van der Waals surface area contributed by atoms with Crippen LogP contribution in [0.5, 0.6) is 0 Å². The van der Waals surface area contributed by atoms with E-state index >= 15 is 0 Å². The minimum absolute atomic E-state index is 1.03. The van der Waals surface area contributed by atoms with Crippen molar-refractivity contribution < 1.29 is 0 Å². The number of para-hydroxylation sites is 1. The van der Waals surface area contributed by atoms with Crippen LogP contribution in [-0.4, -0.2) is 5.49 Å². The van der Waals surface area contributed by atoms with E-state index in [2.05, 4.69) is 23.0 Å². The van der Waals surface area contributed by atoms with Gasteiger partial charge in [0.25, 0.3) is 0 Å². The van der Waals surface area contributed by atoms with Crippen LogP contribution in [0.15, 0.2) is 24.3 Å². The van der Waals surface area contributed by atoms with E-state index in [9.17, 15) is 0 Å². The topological polar surface area (TPSA) is 12.0 Å². The number of hydrogen-bond acceptors (Lipinski definition) is 1. The molecule has 2 heteroatoms. The minimum Gasteiger partial charge on any atom is -0.344 e. The molecule has 0 aliphatic rings. The van der Waals surface area contributed by atoms with Gasteiger partial charge in [-0.1, -0.05) is 30.4 Å². The van der Waals surface area contributed by atoms with Gasteiger partial charge >= 0.3 is 0 Å². The van der Waals surface area contributed by atoms with E-state index in [0.29, 0.717) is 0 Å². The molecule has 1 aromatic rings. The van der Waals surface area contributed by atoms with Gasteiger partial charge in [0.2, 0.25) is 0 Å². The van der Waals surface area contributed by atoms with Crippen molar-refractivity contribution in [2.75, 3.05) is 5.32 Å². The van der Waals surface area contributed by atoms with Crippen molar-refractivity contribution in [1.29, 1.82) is 0 Å². The van der Waals surface area contributed by atoms with Gasteiger partial charge in [0.05, 0.1) is 0 Å². The molecular weight excluding hydrogens is 142 g/mol. The first-order chi connectivity index (χ1) is 4.84. The van der Waals surface area contributed by atoms with E-state index in [-0.39, 0.29) is 0 Å². The molecule has 0 spiro atoms. The summed E-state index contributed by atoms with van der Waals surface area (Å²) in [6, 6.07) is 7.94. The van der Waals surface area contributed by atoms with Gasteiger partial charge in [-0.3, -0.25) is 0 Å². The molecule has 1 radical (unpaired) electrons. The largest absolute Gasteiger partial charge is 0.344 e. The number of aryl methyl sites for hydroxylation is 1. The lowest BCUT2D eigenvalue weighted by Crippen LogP contribution is -1.93. The summed E-state index contributed by atoms with van der Waals surface area (Å²) in [4.78, 5) is 0. The second-order valence-corrected chi connectivity index (χ2v) is 2.25. The Morgan fingerprint density at radius 2 is 2.10 bits per heavy atom. The van der Waals surface area contributed by atoms with Gasteiger partial charge < -0.3 is 5.32 Å². The molecule has 0 amide bonds. The van der Waals surface area contributed by atoms with E-state index in [0.717, 1.165) is 5.69 Å². The van der Waals surface area contributed by atoms with E-state index in [1.807, 2.05) is 31.2 Å². The Labute approximate surface area is 66.1 Å². The normalized spacial score (nSPS) is 8.90. The molecule has 0 saturated heterocycles. The van der Waals surface area contributed by atoms with Crippen LogP contribution in [0.25, 0.3) is 0 Å². The van der Waals surface area contributed by atoms with Crippen LogP contribution in [0.1, 0.15) is 5.56 Å². The lowest BCUT2D eigenvalue weighted by Gasteiger charge is -2.00. The fraction of sp³-hybridized carbons (Fsp3) is 0.125. The number of anilines is 1. The zero-order valence-electron chi connectivity index (χ0n) is 5.72. The molecule has 1 nitrogen and oxygen atoms in total. The van der Waals surface area contributed by atoms with Crippen LogP contribution in [-0.2, 0) is 0 Å². The zero-order chi connectivity index (χ0) is 7.40. The first-order valence-corrected chi connectivity index (χ1v) is 3.44. The fourth-order valence-electron chi connectivity index (χ4n) is 0.768. The van der Waals surface area contributed by atoms with Gasteiger partial charge in [0.15, 0.2) is 0 Å². The van der Waals surface area contributed by atoms with E-state index in [4.69, 9.17) is 0 Å². The maximum atomic E-state index is 4.53. The SMILES string of the molecule is Cc1ccccc1N[C]=S. The maximum Gasteiger partial charge on any atom is 0.138 e. The van der Waals surface area contributed by atoms with E-state index in [1.165, 1.54) is 5.56 Å². The number of benzene rings is 1. The summed E-state index contributed by atoms with van der Waals surface area (Å²) in [5.41, 5.74) is 4.66. The summed E-state index contributed by atoms with van der Waals surface area (Å²) in [6.45, 7) is 2.02. The van der Waals surface area contributed by atoms with Crippen molar-refractivity contribution in [3.8, 4) is 0 Å². The highest BCUT2D eigenvalue weighted by Gasteiger charge is 1.90. The molecule has 1 aromatic carbocycles. The van der Waals surface area contributed by atoms with Crippen molar-refractivity contribution in [2.45, 2.75) is 6.92 Å². The van der Waals surface area contributed by atoms with Crippen LogP contribution in [0, 0.1) is 6.92 Å². The number of nitrogens with one attached hydrogen (secondary N) is 1. The summed E-state index contributed by atoms with van der Waals surface area (Å²) in [6.07, 6.45) is 0. The zero-order valence-corrected chi connectivity index (χ0v) is 6.53. The smallest absolute Gasteiger partial charge is 0.138 e. The Bertz CT molecular complexity index is 232. The van der Waals surface area contributed by atoms with Crippen molar-refractivity contribution in [3.63, 3.8) is 0 Å². The minimum atomic E-state index is 1.03. The monoisotopic (exact) mass is 150 g/mol. The van der Waals surface area contributed by atoms with Gasteiger partial charge in [0, 0.05) is 5.69 Å². The summed E-state index contributed by atoms with van der Waals surface area (Å²) >= 11 is 4.53. The number of thiocarbonyl (C=S) groups is 1. The van der Waals surface area contributed by atoms with Gasteiger partial charge in [-0.05, 0) is 18.6 Å². The molecule has 0 aliphatic heterocycles. The Hall–Kier alpha value is -0.890. The van der Waals surface area contributed by atoms with Crippen molar-refractivity contribution >= 4 is 23.4 Å². The third-order valence-electron chi connectivity index (χ3n) is 1.33. The first-order valence-electron chi connectivity index (χ1n) is 3.03. The van der Waals surface area contributed by atoms with Crippen molar-refractivity contribution in [2.24, 2.45) is 0 Å². The van der Waals surface area contributed by atoms with Crippen LogP contribution >= 0.6 is 12.2 Å². The maximum absolute atomic E-state index is 4.53. The van der Waals surface area contributed by atoms with Gasteiger partial charge in [-0.15, -0.1) is 0 Å². The van der Waals surface area contributed by atoms with Crippen molar-refractivity contribution in [3.05, 3.63) is 29.8 Å². The average molecular weight is 150 g/mol. The molecule has 0 fully saturated rings. The lowest BCUT2D eigenvalue weighted by molar-refractivity contribution is 1.47. The molecule has 1 rings (SSSR count). The van der Waals surface area contributed by atoms with E-state index in [1.54, 1.807) is 0 Å². The summed E-state index contributed by atoms with van der Waals surface area (Å²) in [5, 5.41) is 2.84.